The SMILES string of the molecule is CCCCCCCCCCCC(C)(C#N)N=NC(C)(C)C#N. The highest BCUT2D eigenvalue weighted by molar-refractivity contribution is 5.05. The van der Waals surface area contributed by atoms with Gasteiger partial charge in [-0.15, -0.1) is 0 Å². The van der Waals surface area contributed by atoms with Gasteiger partial charge in [-0.2, -0.15) is 20.8 Å². The molecule has 0 bridgehead atoms. The van der Waals surface area contributed by atoms with E-state index in [1.54, 1.807) is 20.8 Å². The fourth-order valence-electron chi connectivity index (χ4n) is 2.17. The van der Waals surface area contributed by atoms with E-state index in [4.69, 9.17) is 5.26 Å². The summed E-state index contributed by atoms with van der Waals surface area (Å²) in [6, 6.07) is 4.30. The second-order valence-electron chi connectivity index (χ2n) is 6.83. The molecule has 0 aliphatic carbocycles. The van der Waals surface area contributed by atoms with Crippen LogP contribution in [-0.2, 0) is 0 Å². The summed E-state index contributed by atoms with van der Waals surface area (Å²) < 4.78 is 0. The van der Waals surface area contributed by atoms with E-state index in [-0.39, 0.29) is 0 Å². The Bertz CT molecular complexity index is 400. The molecule has 4 nitrogen and oxygen atoms in total. The Hall–Kier alpha value is -1.42. The Kier molecular flexibility index (Phi) is 10.5. The first-order valence-electron chi connectivity index (χ1n) is 8.66. The predicted octanol–water partition coefficient (Wildman–Crippen LogP) is 5.94. The standard InChI is InChI=1S/C18H32N4/c1-5-6-7-8-9-10-11-12-13-14-18(4,16-20)22-21-17(2,3)15-19/h5-14H2,1-4H3. The van der Waals surface area contributed by atoms with E-state index in [0.29, 0.717) is 6.42 Å². The van der Waals surface area contributed by atoms with Gasteiger partial charge >= 0.3 is 0 Å². The van der Waals surface area contributed by atoms with Crippen LogP contribution in [0.25, 0.3) is 0 Å². The van der Waals surface area contributed by atoms with Crippen LogP contribution < -0.4 is 0 Å². The van der Waals surface area contributed by atoms with Crippen LogP contribution in [0.1, 0.15) is 91.9 Å². The molecule has 124 valence electrons. The van der Waals surface area contributed by atoms with E-state index in [2.05, 4.69) is 29.3 Å². The highest BCUT2D eigenvalue weighted by Gasteiger charge is 2.25. The zero-order valence-corrected chi connectivity index (χ0v) is 14.9. The van der Waals surface area contributed by atoms with Crippen molar-refractivity contribution in [3.05, 3.63) is 0 Å². The maximum atomic E-state index is 9.29. The van der Waals surface area contributed by atoms with Gasteiger partial charge in [0.2, 0.25) is 0 Å². The van der Waals surface area contributed by atoms with Crippen LogP contribution in [0.3, 0.4) is 0 Å². The summed E-state index contributed by atoms with van der Waals surface area (Å²) in [5, 5.41) is 26.4. The van der Waals surface area contributed by atoms with E-state index in [1.807, 2.05) is 0 Å². The van der Waals surface area contributed by atoms with Crippen molar-refractivity contribution in [3.8, 4) is 12.1 Å². The molecular weight excluding hydrogens is 272 g/mol. The van der Waals surface area contributed by atoms with Crippen molar-refractivity contribution in [3.63, 3.8) is 0 Å². The smallest absolute Gasteiger partial charge is 0.164 e. The van der Waals surface area contributed by atoms with Crippen molar-refractivity contribution in [2.45, 2.75) is 103 Å². The lowest BCUT2D eigenvalue weighted by atomic mass is 9.96. The van der Waals surface area contributed by atoms with Gasteiger partial charge in [-0.3, -0.25) is 0 Å². The molecule has 22 heavy (non-hydrogen) atoms. The monoisotopic (exact) mass is 304 g/mol. The Morgan fingerprint density at radius 2 is 1.23 bits per heavy atom. The molecule has 0 aliphatic heterocycles. The van der Waals surface area contributed by atoms with Crippen LogP contribution in [0.2, 0.25) is 0 Å². The third-order valence-electron chi connectivity index (χ3n) is 3.80. The lowest BCUT2D eigenvalue weighted by Crippen LogP contribution is -2.21. The van der Waals surface area contributed by atoms with E-state index in [1.165, 1.54) is 44.9 Å². The normalized spacial score (nSPS) is 14.5. The molecule has 0 radical (unpaired) electrons. The molecule has 0 saturated heterocycles. The summed E-state index contributed by atoms with van der Waals surface area (Å²) in [5.74, 6) is 0. The third kappa shape index (κ3) is 10.3. The average molecular weight is 304 g/mol. The first kappa shape index (κ1) is 20.6. The maximum absolute atomic E-state index is 9.29. The first-order chi connectivity index (χ1) is 10.4. The second-order valence-corrected chi connectivity index (χ2v) is 6.83. The average Bonchev–Trinajstić information content (AvgIpc) is 2.51. The van der Waals surface area contributed by atoms with Crippen LogP contribution in [0.15, 0.2) is 10.2 Å². The lowest BCUT2D eigenvalue weighted by molar-refractivity contribution is 0.452. The molecule has 0 aromatic heterocycles. The van der Waals surface area contributed by atoms with E-state index in [9.17, 15) is 5.26 Å². The van der Waals surface area contributed by atoms with E-state index in [0.717, 1.165) is 12.8 Å². The molecule has 0 aromatic carbocycles. The fourth-order valence-corrected chi connectivity index (χ4v) is 2.17. The van der Waals surface area contributed by atoms with Gasteiger partial charge in [0.15, 0.2) is 11.1 Å². The molecule has 0 spiro atoms. The number of hydrogen-bond acceptors (Lipinski definition) is 4. The van der Waals surface area contributed by atoms with Gasteiger partial charge in [0.25, 0.3) is 0 Å². The minimum Gasteiger partial charge on any atom is -0.196 e. The summed E-state index contributed by atoms with van der Waals surface area (Å²) in [4.78, 5) is 0. The molecular formula is C18H32N4. The number of nitrogens with zero attached hydrogens (tertiary/aromatic N) is 4. The van der Waals surface area contributed by atoms with Gasteiger partial charge in [0.05, 0.1) is 12.1 Å². The molecule has 0 heterocycles. The zero-order chi connectivity index (χ0) is 16.9. The van der Waals surface area contributed by atoms with Crippen LogP contribution in [0.4, 0.5) is 0 Å². The number of nitriles is 2. The minimum atomic E-state index is -0.851. The highest BCUT2D eigenvalue weighted by Crippen LogP contribution is 2.22. The molecule has 0 aromatic rings. The van der Waals surface area contributed by atoms with Crippen LogP contribution in [0, 0.1) is 22.7 Å². The molecule has 0 fully saturated rings. The van der Waals surface area contributed by atoms with Crippen LogP contribution in [0.5, 0.6) is 0 Å². The Labute approximate surface area is 136 Å². The number of rotatable bonds is 12. The summed E-state index contributed by atoms with van der Waals surface area (Å²) in [6.07, 6.45) is 12.0. The second kappa shape index (κ2) is 11.2. The topological polar surface area (TPSA) is 72.3 Å². The Morgan fingerprint density at radius 3 is 1.68 bits per heavy atom. The summed E-state index contributed by atoms with van der Waals surface area (Å²) in [7, 11) is 0. The molecule has 1 atom stereocenters. The molecule has 0 N–H and O–H groups in total. The molecule has 4 heteroatoms. The minimum absolute atomic E-state index is 0.713. The van der Waals surface area contributed by atoms with Gasteiger partial charge in [0, 0.05) is 0 Å². The molecule has 0 rings (SSSR count). The third-order valence-corrected chi connectivity index (χ3v) is 3.80. The van der Waals surface area contributed by atoms with Gasteiger partial charge in [-0.05, 0) is 33.6 Å². The van der Waals surface area contributed by atoms with Crippen molar-refractivity contribution in [1.29, 1.82) is 10.5 Å². The van der Waals surface area contributed by atoms with Crippen molar-refractivity contribution in [1.82, 2.24) is 0 Å². The van der Waals surface area contributed by atoms with Crippen LogP contribution >= 0.6 is 0 Å². The summed E-state index contributed by atoms with van der Waals surface area (Å²) in [6.45, 7) is 7.44. The van der Waals surface area contributed by atoms with E-state index < -0.39 is 11.1 Å². The first-order valence-corrected chi connectivity index (χ1v) is 8.66. The Balaban J connectivity index is 3.92. The van der Waals surface area contributed by atoms with Crippen molar-refractivity contribution >= 4 is 0 Å². The largest absolute Gasteiger partial charge is 0.196 e. The number of hydrogen-bond donors (Lipinski definition) is 0. The van der Waals surface area contributed by atoms with E-state index >= 15 is 0 Å². The molecule has 0 saturated carbocycles. The summed E-state index contributed by atoms with van der Waals surface area (Å²) in [5.41, 5.74) is -1.65. The van der Waals surface area contributed by atoms with Gasteiger partial charge in [0.1, 0.15) is 0 Å². The van der Waals surface area contributed by atoms with Gasteiger partial charge < -0.3 is 0 Å². The quantitative estimate of drug-likeness (QED) is 0.330. The summed E-state index contributed by atoms with van der Waals surface area (Å²) >= 11 is 0. The van der Waals surface area contributed by atoms with Gasteiger partial charge in [-0.1, -0.05) is 58.3 Å². The molecule has 0 aliphatic rings. The Morgan fingerprint density at radius 1 is 0.727 bits per heavy atom. The predicted molar refractivity (Wildman–Crippen MR) is 90.4 cm³/mol. The maximum Gasteiger partial charge on any atom is 0.164 e. The number of unbranched alkanes of at least 4 members (excludes halogenated alkanes) is 8. The lowest BCUT2D eigenvalue weighted by Gasteiger charge is -2.17. The zero-order valence-electron chi connectivity index (χ0n) is 14.9. The van der Waals surface area contributed by atoms with Crippen LogP contribution in [-0.4, -0.2) is 11.1 Å². The van der Waals surface area contributed by atoms with Crippen molar-refractivity contribution < 1.29 is 0 Å². The number of azo groups is 1. The highest BCUT2D eigenvalue weighted by atomic mass is 15.2. The molecule has 0 amide bonds. The van der Waals surface area contributed by atoms with Crippen molar-refractivity contribution in [2.24, 2.45) is 10.2 Å². The molecule has 1 unspecified atom stereocenters. The van der Waals surface area contributed by atoms with Gasteiger partial charge in [-0.25, -0.2) is 0 Å². The van der Waals surface area contributed by atoms with Crippen molar-refractivity contribution in [2.75, 3.05) is 0 Å². The fraction of sp³-hybridized carbons (Fsp3) is 0.889.